The SMILES string of the molecule is C=C/C=C\C(=C/C)Oc1ccc(C(=N)c2c(N)ncnc2N)cc1. The summed E-state index contributed by atoms with van der Waals surface area (Å²) in [6.07, 6.45) is 8.40. The highest BCUT2D eigenvalue weighted by Crippen LogP contribution is 2.21. The molecular formula is C18H19N5O. The minimum Gasteiger partial charge on any atom is -0.458 e. The normalized spacial score (nSPS) is 11.5. The van der Waals surface area contributed by atoms with Crippen molar-refractivity contribution in [3.63, 3.8) is 0 Å². The van der Waals surface area contributed by atoms with Crippen molar-refractivity contribution in [1.29, 1.82) is 5.41 Å². The highest BCUT2D eigenvalue weighted by Gasteiger charge is 2.14. The number of aromatic nitrogens is 2. The van der Waals surface area contributed by atoms with Gasteiger partial charge in [-0.15, -0.1) is 0 Å². The molecule has 0 aliphatic carbocycles. The van der Waals surface area contributed by atoms with Crippen molar-refractivity contribution in [1.82, 2.24) is 9.97 Å². The first kappa shape index (κ1) is 17.0. The largest absolute Gasteiger partial charge is 0.458 e. The third-order valence-electron chi connectivity index (χ3n) is 3.22. The summed E-state index contributed by atoms with van der Waals surface area (Å²) in [7, 11) is 0. The zero-order valence-corrected chi connectivity index (χ0v) is 13.4. The van der Waals surface area contributed by atoms with Gasteiger partial charge in [-0.2, -0.15) is 0 Å². The van der Waals surface area contributed by atoms with E-state index in [0.29, 0.717) is 22.6 Å². The number of nitrogens with one attached hydrogen (secondary N) is 1. The van der Waals surface area contributed by atoms with Gasteiger partial charge in [0.2, 0.25) is 0 Å². The maximum absolute atomic E-state index is 8.28. The highest BCUT2D eigenvalue weighted by molar-refractivity contribution is 6.15. The molecule has 0 bridgehead atoms. The molecule has 1 aromatic carbocycles. The van der Waals surface area contributed by atoms with Crippen LogP contribution in [0.1, 0.15) is 18.1 Å². The fraction of sp³-hybridized carbons (Fsp3) is 0.0556. The van der Waals surface area contributed by atoms with E-state index in [1.165, 1.54) is 6.33 Å². The summed E-state index contributed by atoms with van der Waals surface area (Å²) in [6.45, 7) is 5.51. The standard InChI is InChI=1S/C18H19N5O/c1-3-5-6-13(4-2)24-14-9-7-12(8-10-14)16(19)15-17(20)22-11-23-18(15)21/h3-11,19H,1H2,2H3,(H4,20,21,22,23)/b6-5-,13-4+,19-16?. The summed E-state index contributed by atoms with van der Waals surface area (Å²) in [6, 6.07) is 7.05. The molecular weight excluding hydrogens is 302 g/mol. The van der Waals surface area contributed by atoms with Crippen molar-refractivity contribution in [2.75, 3.05) is 11.5 Å². The van der Waals surface area contributed by atoms with Gasteiger partial charge in [0, 0.05) is 5.56 Å². The Balaban J connectivity index is 2.22. The minimum absolute atomic E-state index is 0.162. The van der Waals surface area contributed by atoms with Crippen LogP contribution in [0.3, 0.4) is 0 Å². The van der Waals surface area contributed by atoms with Gasteiger partial charge in [-0.1, -0.05) is 18.7 Å². The van der Waals surface area contributed by atoms with Crippen molar-refractivity contribution in [3.8, 4) is 5.75 Å². The Bertz CT molecular complexity index is 786. The number of nitrogens with two attached hydrogens (primary N) is 2. The van der Waals surface area contributed by atoms with Gasteiger partial charge in [0.1, 0.15) is 29.5 Å². The monoisotopic (exact) mass is 321 g/mol. The lowest BCUT2D eigenvalue weighted by Gasteiger charge is -2.10. The van der Waals surface area contributed by atoms with Gasteiger partial charge in [-0.25, -0.2) is 9.97 Å². The molecule has 0 atom stereocenters. The number of rotatable bonds is 6. The zero-order chi connectivity index (χ0) is 17.5. The van der Waals surface area contributed by atoms with Crippen molar-refractivity contribution < 1.29 is 4.74 Å². The van der Waals surface area contributed by atoms with Gasteiger partial charge in [-0.3, -0.25) is 5.41 Å². The molecule has 1 heterocycles. The first-order valence-corrected chi connectivity index (χ1v) is 7.25. The number of hydrogen-bond donors (Lipinski definition) is 3. The van der Waals surface area contributed by atoms with Gasteiger partial charge in [0.05, 0.1) is 11.3 Å². The van der Waals surface area contributed by atoms with E-state index in [1.54, 1.807) is 36.4 Å². The first-order chi connectivity index (χ1) is 11.6. The van der Waals surface area contributed by atoms with E-state index >= 15 is 0 Å². The van der Waals surface area contributed by atoms with E-state index in [0.717, 1.165) is 0 Å². The fourth-order valence-corrected chi connectivity index (χ4v) is 1.99. The van der Waals surface area contributed by atoms with E-state index in [2.05, 4.69) is 16.5 Å². The summed E-state index contributed by atoms with van der Waals surface area (Å²) in [5, 5.41) is 8.28. The van der Waals surface area contributed by atoms with Crippen molar-refractivity contribution in [2.24, 2.45) is 0 Å². The smallest absolute Gasteiger partial charge is 0.138 e. The van der Waals surface area contributed by atoms with Crippen LogP contribution in [0.2, 0.25) is 0 Å². The van der Waals surface area contributed by atoms with Crippen LogP contribution in [-0.2, 0) is 0 Å². The van der Waals surface area contributed by atoms with E-state index in [9.17, 15) is 0 Å². The Kier molecular flexibility index (Phi) is 5.46. The van der Waals surface area contributed by atoms with Crippen LogP contribution in [0.4, 0.5) is 11.6 Å². The van der Waals surface area contributed by atoms with Crippen LogP contribution in [0, 0.1) is 5.41 Å². The summed E-state index contributed by atoms with van der Waals surface area (Å²) in [4.78, 5) is 7.76. The maximum atomic E-state index is 8.28. The summed E-state index contributed by atoms with van der Waals surface area (Å²) < 4.78 is 5.74. The molecule has 0 saturated heterocycles. The Morgan fingerprint density at radius 1 is 1.17 bits per heavy atom. The van der Waals surface area contributed by atoms with E-state index < -0.39 is 0 Å². The van der Waals surface area contributed by atoms with Gasteiger partial charge < -0.3 is 16.2 Å². The Morgan fingerprint density at radius 2 is 1.79 bits per heavy atom. The molecule has 0 radical (unpaired) electrons. The second-order valence-corrected chi connectivity index (χ2v) is 4.81. The Hall–Kier alpha value is -3.41. The average Bonchev–Trinajstić information content (AvgIpc) is 2.58. The molecule has 0 fully saturated rings. The predicted molar refractivity (Wildman–Crippen MR) is 97.0 cm³/mol. The molecule has 0 aliphatic rings. The number of allylic oxidation sites excluding steroid dienone is 4. The van der Waals surface area contributed by atoms with Crippen molar-refractivity contribution >= 4 is 17.3 Å². The molecule has 6 nitrogen and oxygen atoms in total. The quantitative estimate of drug-likeness (QED) is 0.430. The molecule has 1 aromatic heterocycles. The molecule has 0 saturated carbocycles. The van der Waals surface area contributed by atoms with Crippen LogP contribution in [0.5, 0.6) is 5.75 Å². The topological polar surface area (TPSA) is 111 Å². The van der Waals surface area contributed by atoms with Crippen molar-refractivity contribution in [3.05, 3.63) is 78.4 Å². The number of benzene rings is 1. The van der Waals surface area contributed by atoms with E-state index in [4.69, 9.17) is 21.6 Å². The van der Waals surface area contributed by atoms with E-state index in [1.807, 2.05) is 19.1 Å². The van der Waals surface area contributed by atoms with Crippen LogP contribution in [-0.4, -0.2) is 15.7 Å². The number of nitrogen functional groups attached to an aromatic ring is 2. The van der Waals surface area contributed by atoms with Gasteiger partial charge in [-0.05, 0) is 43.3 Å². The lowest BCUT2D eigenvalue weighted by molar-refractivity contribution is 0.443. The Morgan fingerprint density at radius 3 is 2.33 bits per heavy atom. The van der Waals surface area contributed by atoms with Crippen LogP contribution < -0.4 is 16.2 Å². The van der Waals surface area contributed by atoms with Crippen molar-refractivity contribution in [2.45, 2.75) is 6.92 Å². The van der Waals surface area contributed by atoms with Gasteiger partial charge in [0.15, 0.2) is 0 Å². The number of nitrogens with zero attached hydrogens (tertiary/aromatic N) is 2. The molecule has 0 spiro atoms. The van der Waals surface area contributed by atoms with Gasteiger partial charge in [0.25, 0.3) is 0 Å². The minimum atomic E-state index is 0.162. The summed E-state index contributed by atoms with van der Waals surface area (Å²) >= 11 is 0. The number of ether oxygens (including phenoxy) is 1. The van der Waals surface area contributed by atoms with Gasteiger partial charge >= 0.3 is 0 Å². The molecule has 122 valence electrons. The summed E-state index contributed by atoms with van der Waals surface area (Å²) in [5.74, 6) is 1.71. The first-order valence-electron chi connectivity index (χ1n) is 7.25. The van der Waals surface area contributed by atoms with E-state index in [-0.39, 0.29) is 17.3 Å². The van der Waals surface area contributed by atoms with Crippen LogP contribution in [0.15, 0.2) is 67.2 Å². The zero-order valence-electron chi connectivity index (χ0n) is 13.4. The average molecular weight is 321 g/mol. The lowest BCUT2D eigenvalue weighted by Crippen LogP contribution is -2.11. The summed E-state index contributed by atoms with van der Waals surface area (Å²) in [5.41, 5.74) is 12.7. The second-order valence-electron chi connectivity index (χ2n) is 4.81. The molecule has 2 aromatic rings. The molecule has 2 rings (SSSR count). The second kappa shape index (κ2) is 7.73. The molecule has 0 aliphatic heterocycles. The predicted octanol–water partition coefficient (Wildman–Crippen LogP) is 3.08. The third-order valence-corrected chi connectivity index (χ3v) is 3.22. The fourth-order valence-electron chi connectivity index (χ4n) is 1.99. The maximum Gasteiger partial charge on any atom is 0.138 e. The number of anilines is 2. The van der Waals surface area contributed by atoms with Crippen LogP contribution >= 0.6 is 0 Å². The molecule has 24 heavy (non-hydrogen) atoms. The number of hydrogen-bond acceptors (Lipinski definition) is 6. The molecule has 0 amide bonds. The lowest BCUT2D eigenvalue weighted by atomic mass is 10.0. The highest BCUT2D eigenvalue weighted by atomic mass is 16.5. The molecule has 5 N–H and O–H groups in total. The molecule has 0 unspecified atom stereocenters. The van der Waals surface area contributed by atoms with Crippen LogP contribution in [0.25, 0.3) is 0 Å². The molecule has 6 heteroatoms. The third kappa shape index (κ3) is 3.86. The Labute approximate surface area is 140 Å².